The number of hydrogen-bond acceptors (Lipinski definition) is 5. The van der Waals surface area contributed by atoms with Gasteiger partial charge >= 0.3 is 11.6 Å². The van der Waals surface area contributed by atoms with Crippen LogP contribution in [0, 0.1) is 0 Å². The Labute approximate surface area is 149 Å². The van der Waals surface area contributed by atoms with Gasteiger partial charge in [-0.2, -0.15) is 0 Å². The Bertz CT molecular complexity index is 931. The molecule has 0 radical (unpaired) electrons. The lowest BCUT2D eigenvalue weighted by Gasteiger charge is -2.07. The monoisotopic (exact) mass is 354 g/mol. The van der Waals surface area contributed by atoms with Gasteiger partial charge in [-0.25, -0.2) is 4.79 Å². The Balaban J connectivity index is 1.64. The zero-order chi connectivity index (χ0) is 17.6. The SMILES string of the molecule is CCc1cc(=O)oc2cc(OC(=O)CSCc3ccccc3)ccc12. The van der Waals surface area contributed by atoms with E-state index >= 15 is 0 Å². The number of carbonyl (C=O) groups excluding carboxylic acids is 1. The van der Waals surface area contributed by atoms with E-state index in [0.717, 1.165) is 23.1 Å². The van der Waals surface area contributed by atoms with Crippen molar-refractivity contribution >= 4 is 28.7 Å². The summed E-state index contributed by atoms with van der Waals surface area (Å²) in [6.45, 7) is 1.98. The van der Waals surface area contributed by atoms with Crippen LogP contribution >= 0.6 is 11.8 Å². The number of ether oxygens (including phenoxy) is 1. The van der Waals surface area contributed by atoms with Gasteiger partial charge in [0.15, 0.2) is 0 Å². The van der Waals surface area contributed by atoms with Gasteiger partial charge in [0.1, 0.15) is 11.3 Å². The molecule has 0 saturated heterocycles. The Morgan fingerprint density at radius 2 is 1.92 bits per heavy atom. The van der Waals surface area contributed by atoms with Gasteiger partial charge in [-0.1, -0.05) is 37.3 Å². The minimum atomic E-state index is -0.397. The smallest absolute Gasteiger partial charge is 0.336 e. The van der Waals surface area contributed by atoms with E-state index in [0.29, 0.717) is 11.3 Å². The third kappa shape index (κ3) is 4.51. The van der Waals surface area contributed by atoms with Crippen molar-refractivity contribution in [2.45, 2.75) is 19.1 Å². The van der Waals surface area contributed by atoms with Crippen LogP contribution in [0.15, 0.2) is 63.8 Å². The maximum absolute atomic E-state index is 12.0. The van der Waals surface area contributed by atoms with Crippen LogP contribution < -0.4 is 10.4 Å². The van der Waals surface area contributed by atoms with Crippen molar-refractivity contribution in [3.8, 4) is 5.75 Å². The van der Waals surface area contributed by atoms with E-state index < -0.39 is 5.63 Å². The molecule has 0 aliphatic heterocycles. The maximum atomic E-state index is 12.0. The van der Waals surface area contributed by atoms with Crippen molar-refractivity contribution < 1.29 is 13.9 Å². The molecule has 0 aliphatic carbocycles. The standard InChI is InChI=1S/C20H18O4S/c1-2-15-10-19(21)24-18-11-16(8-9-17(15)18)23-20(22)13-25-12-14-6-4-3-5-7-14/h3-11H,2,12-13H2,1H3. The zero-order valence-electron chi connectivity index (χ0n) is 13.9. The van der Waals surface area contributed by atoms with Gasteiger partial charge in [0, 0.05) is 23.3 Å². The van der Waals surface area contributed by atoms with Crippen molar-refractivity contribution in [3.05, 3.63) is 76.1 Å². The van der Waals surface area contributed by atoms with Gasteiger partial charge in [-0.15, -0.1) is 11.8 Å². The molecule has 0 fully saturated rings. The van der Waals surface area contributed by atoms with Gasteiger partial charge in [-0.3, -0.25) is 4.79 Å². The molecule has 25 heavy (non-hydrogen) atoms. The summed E-state index contributed by atoms with van der Waals surface area (Å²) in [7, 11) is 0. The lowest BCUT2D eigenvalue weighted by Crippen LogP contribution is -2.11. The molecule has 5 heteroatoms. The van der Waals surface area contributed by atoms with Crippen LogP contribution in [-0.4, -0.2) is 11.7 Å². The van der Waals surface area contributed by atoms with Crippen LogP contribution in [0.25, 0.3) is 11.0 Å². The highest BCUT2D eigenvalue weighted by Crippen LogP contribution is 2.23. The lowest BCUT2D eigenvalue weighted by atomic mass is 10.1. The first-order valence-corrected chi connectivity index (χ1v) is 9.20. The van der Waals surface area contributed by atoms with Gasteiger partial charge in [0.25, 0.3) is 0 Å². The molecule has 1 heterocycles. The zero-order valence-corrected chi connectivity index (χ0v) is 14.7. The van der Waals surface area contributed by atoms with E-state index in [2.05, 4.69) is 0 Å². The van der Waals surface area contributed by atoms with Gasteiger partial charge in [-0.05, 0) is 29.7 Å². The highest BCUT2D eigenvalue weighted by atomic mass is 32.2. The van der Waals surface area contributed by atoms with E-state index in [-0.39, 0.29) is 11.7 Å². The normalized spacial score (nSPS) is 10.8. The molecule has 128 valence electrons. The Morgan fingerprint density at radius 3 is 2.68 bits per heavy atom. The summed E-state index contributed by atoms with van der Waals surface area (Å²) >= 11 is 1.50. The molecule has 0 spiro atoms. The highest BCUT2D eigenvalue weighted by Gasteiger charge is 2.09. The molecule has 3 rings (SSSR count). The van der Waals surface area contributed by atoms with Gasteiger partial charge in [0.05, 0.1) is 5.75 Å². The minimum absolute atomic E-state index is 0.256. The average molecular weight is 354 g/mol. The number of benzene rings is 2. The molecular weight excluding hydrogens is 336 g/mol. The Kier molecular flexibility index (Phi) is 5.56. The summed E-state index contributed by atoms with van der Waals surface area (Å²) in [5.74, 6) is 1.07. The van der Waals surface area contributed by atoms with Crippen LogP contribution in [0.4, 0.5) is 0 Å². The number of hydrogen-bond donors (Lipinski definition) is 0. The highest BCUT2D eigenvalue weighted by molar-refractivity contribution is 7.99. The summed E-state index contributed by atoms with van der Waals surface area (Å²) in [6, 6.07) is 16.6. The Morgan fingerprint density at radius 1 is 1.12 bits per heavy atom. The van der Waals surface area contributed by atoms with Crippen LogP contribution in [0.5, 0.6) is 5.75 Å². The predicted molar refractivity (Wildman–Crippen MR) is 100 cm³/mol. The maximum Gasteiger partial charge on any atom is 0.336 e. The molecule has 0 bridgehead atoms. The van der Waals surface area contributed by atoms with Crippen molar-refractivity contribution in [1.29, 1.82) is 0 Å². The second-order valence-electron chi connectivity index (χ2n) is 5.55. The van der Waals surface area contributed by atoms with Crippen LogP contribution in [0.3, 0.4) is 0 Å². The van der Waals surface area contributed by atoms with Crippen LogP contribution in [0.1, 0.15) is 18.1 Å². The van der Waals surface area contributed by atoms with Crippen molar-refractivity contribution in [3.63, 3.8) is 0 Å². The molecule has 4 nitrogen and oxygen atoms in total. The fourth-order valence-corrected chi connectivity index (χ4v) is 3.31. The largest absolute Gasteiger partial charge is 0.426 e. The number of fused-ring (bicyclic) bond motifs is 1. The fourth-order valence-electron chi connectivity index (χ4n) is 2.55. The summed E-state index contributed by atoms with van der Waals surface area (Å²) in [5.41, 5.74) is 2.13. The average Bonchev–Trinajstić information content (AvgIpc) is 2.61. The second kappa shape index (κ2) is 8.03. The second-order valence-corrected chi connectivity index (χ2v) is 6.54. The molecule has 0 unspecified atom stereocenters. The van der Waals surface area contributed by atoms with Crippen molar-refractivity contribution in [2.75, 3.05) is 5.75 Å². The third-order valence-electron chi connectivity index (χ3n) is 3.75. The van der Waals surface area contributed by atoms with Gasteiger partial charge in [0.2, 0.25) is 0 Å². The van der Waals surface area contributed by atoms with Crippen LogP contribution in [0.2, 0.25) is 0 Å². The van der Waals surface area contributed by atoms with E-state index in [1.807, 2.05) is 43.3 Å². The molecule has 0 amide bonds. The molecule has 0 aliphatic rings. The summed E-state index contributed by atoms with van der Waals surface area (Å²) < 4.78 is 10.6. The summed E-state index contributed by atoms with van der Waals surface area (Å²) in [4.78, 5) is 23.6. The summed E-state index contributed by atoms with van der Waals surface area (Å²) in [5, 5.41) is 0.861. The van der Waals surface area contributed by atoms with Crippen molar-refractivity contribution in [1.82, 2.24) is 0 Å². The quantitative estimate of drug-likeness (QED) is 0.377. The van der Waals surface area contributed by atoms with E-state index in [1.54, 1.807) is 12.1 Å². The first-order valence-electron chi connectivity index (χ1n) is 8.05. The van der Waals surface area contributed by atoms with E-state index in [4.69, 9.17) is 9.15 Å². The van der Waals surface area contributed by atoms with E-state index in [1.165, 1.54) is 23.4 Å². The molecule has 1 aromatic heterocycles. The number of thioether (sulfide) groups is 1. The molecule has 2 aromatic carbocycles. The molecule has 0 N–H and O–H groups in total. The summed E-state index contributed by atoms with van der Waals surface area (Å²) in [6.07, 6.45) is 0.733. The Hall–Kier alpha value is -2.53. The molecule has 0 saturated carbocycles. The number of aryl methyl sites for hydroxylation is 1. The molecule has 0 atom stereocenters. The number of esters is 1. The van der Waals surface area contributed by atoms with Crippen molar-refractivity contribution in [2.24, 2.45) is 0 Å². The third-order valence-corrected chi connectivity index (χ3v) is 4.72. The predicted octanol–water partition coefficient (Wildman–Crippen LogP) is 4.19. The first kappa shape index (κ1) is 17.3. The fraction of sp³-hybridized carbons (Fsp3) is 0.200. The molecular formula is C20H18O4S. The van der Waals surface area contributed by atoms with Gasteiger partial charge < -0.3 is 9.15 Å². The minimum Gasteiger partial charge on any atom is -0.426 e. The molecule has 3 aromatic rings. The topological polar surface area (TPSA) is 56.5 Å². The first-order chi connectivity index (χ1) is 12.2. The van der Waals surface area contributed by atoms with Crippen LogP contribution in [-0.2, 0) is 17.0 Å². The number of rotatable bonds is 6. The van der Waals surface area contributed by atoms with E-state index in [9.17, 15) is 9.59 Å². The lowest BCUT2D eigenvalue weighted by molar-refractivity contribution is -0.131. The number of carbonyl (C=O) groups is 1.